The van der Waals surface area contributed by atoms with E-state index in [2.05, 4.69) is 63.5 Å². The highest BCUT2D eigenvalue weighted by atomic mass is 16.5. The number of rotatable bonds is 9. The van der Waals surface area contributed by atoms with E-state index in [0.717, 1.165) is 62.0 Å². The summed E-state index contributed by atoms with van der Waals surface area (Å²) in [4.78, 5) is 6.93. The predicted octanol–water partition coefficient (Wildman–Crippen LogP) is 3.87. The summed E-state index contributed by atoms with van der Waals surface area (Å²) in [5.74, 6) is 1.92. The minimum Gasteiger partial charge on any atom is -0.489 e. The lowest BCUT2D eigenvalue weighted by molar-refractivity contribution is 0.306. The Morgan fingerprint density at radius 1 is 0.968 bits per heavy atom. The van der Waals surface area contributed by atoms with E-state index in [1.807, 2.05) is 36.5 Å². The van der Waals surface area contributed by atoms with Gasteiger partial charge in [-0.25, -0.2) is 4.98 Å². The molecule has 31 heavy (non-hydrogen) atoms. The lowest BCUT2D eigenvalue weighted by Crippen LogP contribution is -2.43. The molecule has 0 unspecified atom stereocenters. The molecule has 1 fully saturated rings. The van der Waals surface area contributed by atoms with Crippen molar-refractivity contribution in [2.75, 3.05) is 37.6 Å². The van der Waals surface area contributed by atoms with Gasteiger partial charge < -0.3 is 20.3 Å². The molecule has 4 rings (SSSR count). The molecule has 1 aromatic heterocycles. The molecule has 1 aliphatic heterocycles. The maximum atomic E-state index is 5.86. The second-order valence-electron chi connectivity index (χ2n) is 7.72. The van der Waals surface area contributed by atoms with Crippen LogP contribution in [0.4, 0.5) is 5.82 Å². The summed E-state index contributed by atoms with van der Waals surface area (Å²) in [6.45, 7) is 9.61. The van der Waals surface area contributed by atoms with E-state index in [1.165, 1.54) is 11.1 Å². The number of ether oxygens (including phenoxy) is 1. The Morgan fingerprint density at radius 2 is 1.74 bits per heavy atom. The number of piperazine rings is 1. The fraction of sp³-hybridized carbons (Fsp3) is 0.269. The van der Waals surface area contributed by atoms with Gasteiger partial charge in [-0.05, 0) is 41.8 Å². The van der Waals surface area contributed by atoms with Gasteiger partial charge in [-0.2, -0.15) is 0 Å². The number of pyridine rings is 1. The van der Waals surface area contributed by atoms with Gasteiger partial charge in [0.05, 0.1) is 0 Å². The summed E-state index contributed by atoms with van der Waals surface area (Å²) in [5, 5.41) is 6.78. The van der Waals surface area contributed by atoms with Crippen LogP contribution < -0.4 is 20.3 Å². The Labute approximate surface area is 184 Å². The summed E-state index contributed by atoms with van der Waals surface area (Å²) in [6, 6.07) is 22.7. The van der Waals surface area contributed by atoms with Gasteiger partial charge in [-0.1, -0.05) is 49.0 Å². The van der Waals surface area contributed by atoms with Crippen LogP contribution in [0.2, 0.25) is 0 Å². The number of aromatic nitrogens is 1. The van der Waals surface area contributed by atoms with E-state index < -0.39 is 0 Å². The first-order chi connectivity index (χ1) is 15.3. The molecular formula is C26H30N4O. The van der Waals surface area contributed by atoms with E-state index in [1.54, 1.807) is 0 Å². The summed E-state index contributed by atoms with van der Waals surface area (Å²) >= 11 is 0. The van der Waals surface area contributed by atoms with Crippen LogP contribution in [-0.2, 0) is 13.0 Å². The van der Waals surface area contributed by atoms with Crippen molar-refractivity contribution < 1.29 is 4.74 Å². The fourth-order valence-corrected chi connectivity index (χ4v) is 3.60. The van der Waals surface area contributed by atoms with Gasteiger partial charge in [0.15, 0.2) is 0 Å². The summed E-state index contributed by atoms with van der Waals surface area (Å²) < 4.78 is 5.86. The molecule has 0 aliphatic carbocycles. The van der Waals surface area contributed by atoms with Gasteiger partial charge in [0.25, 0.3) is 0 Å². The number of hydrogen-bond donors (Lipinski definition) is 2. The summed E-state index contributed by atoms with van der Waals surface area (Å²) in [6.07, 6.45) is 2.83. The molecule has 2 N–H and O–H groups in total. The maximum Gasteiger partial charge on any atom is 0.128 e. The van der Waals surface area contributed by atoms with Crippen molar-refractivity contribution in [1.82, 2.24) is 15.6 Å². The van der Waals surface area contributed by atoms with Gasteiger partial charge in [0, 0.05) is 50.2 Å². The average molecular weight is 415 g/mol. The first-order valence-electron chi connectivity index (χ1n) is 10.9. The van der Waals surface area contributed by atoms with Crippen molar-refractivity contribution in [2.45, 2.75) is 13.0 Å². The second-order valence-corrected chi connectivity index (χ2v) is 7.72. The minimum absolute atomic E-state index is 0.586. The van der Waals surface area contributed by atoms with Crippen molar-refractivity contribution in [3.8, 4) is 5.75 Å². The number of nitrogens with one attached hydrogen (secondary N) is 2. The Morgan fingerprint density at radius 3 is 2.45 bits per heavy atom. The standard InChI is InChI=1S/C26H30N4O/c1-21(24-9-12-26(29-19-24)30-17-15-27-16-18-30)28-14-13-22-7-10-25(11-8-22)31-20-23-5-3-2-4-6-23/h2-12,19,27-28H,1,13-18,20H2. The highest BCUT2D eigenvalue weighted by molar-refractivity contribution is 5.62. The largest absolute Gasteiger partial charge is 0.489 e. The van der Waals surface area contributed by atoms with Crippen molar-refractivity contribution in [3.63, 3.8) is 0 Å². The smallest absolute Gasteiger partial charge is 0.128 e. The molecule has 0 atom stereocenters. The van der Waals surface area contributed by atoms with Crippen molar-refractivity contribution >= 4 is 11.5 Å². The molecule has 3 aromatic rings. The minimum atomic E-state index is 0.586. The first kappa shape index (κ1) is 20.9. The topological polar surface area (TPSA) is 49.4 Å². The third-order valence-corrected chi connectivity index (χ3v) is 5.46. The van der Waals surface area contributed by atoms with E-state index in [0.29, 0.717) is 6.61 Å². The third-order valence-electron chi connectivity index (χ3n) is 5.46. The van der Waals surface area contributed by atoms with Crippen LogP contribution in [0.25, 0.3) is 5.70 Å². The molecular weight excluding hydrogens is 384 g/mol. The molecule has 1 aliphatic rings. The molecule has 0 saturated carbocycles. The van der Waals surface area contributed by atoms with E-state index in [4.69, 9.17) is 4.74 Å². The number of benzene rings is 2. The van der Waals surface area contributed by atoms with Crippen LogP contribution in [0, 0.1) is 0 Å². The van der Waals surface area contributed by atoms with Crippen LogP contribution in [0.1, 0.15) is 16.7 Å². The number of hydrogen-bond acceptors (Lipinski definition) is 5. The zero-order chi connectivity index (χ0) is 21.3. The normalized spacial score (nSPS) is 13.6. The monoisotopic (exact) mass is 414 g/mol. The lowest BCUT2D eigenvalue weighted by Gasteiger charge is -2.28. The average Bonchev–Trinajstić information content (AvgIpc) is 2.85. The maximum absolute atomic E-state index is 5.86. The third kappa shape index (κ3) is 6.09. The highest BCUT2D eigenvalue weighted by Crippen LogP contribution is 2.17. The van der Waals surface area contributed by atoms with Crippen LogP contribution in [0.3, 0.4) is 0 Å². The zero-order valence-corrected chi connectivity index (χ0v) is 17.9. The van der Waals surface area contributed by atoms with Crippen LogP contribution in [0.15, 0.2) is 79.5 Å². The lowest BCUT2D eigenvalue weighted by atomic mass is 10.1. The van der Waals surface area contributed by atoms with Crippen LogP contribution >= 0.6 is 0 Å². The summed E-state index contributed by atoms with van der Waals surface area (Å²) in [5.41, 5.74) is 4.37. The van der Waals surface area contributed by atoms with E-state index in [-0.39, 0.29) is 0 Å². The van der Waals surface area contributed by atoms with Gasteiger partial charge in [-0.3, -0.25) is 0 Å². The molecule has 0 amide bonds. The zero-order valence-electron chi connectivity index (χ0n) is 17.9. The van der Waals surface area contributed by atoms with Gasteiger partial charge in [-0.15, -0.1) is 0 Å². The Bertz CT molecular complexity index is 949. The number of nitrogens with zero attached hydrogens (tertiary/aromatic N) is 2. The molecule has 0 bridgehead atoms. The summed E-state index contributed by atoms with van der Waals surface area (Å²) in [7, 11) is 0. The first-order valence-corrected chi connectivity index (χ1v) is 10.9. The van der Waals surface area contributed by atoms with E-state index in [9.17, 15) is 0 Å². The highest BCUT2D eigenvalue weighted by Gasteiger charge is 2.11. The van der Waals surface area contributed by atoms with Crippen molar-refractivity contribution in [1.29, 1.82) is 0 Å². The SMILES string of the molecule is C=C(NCCc1ccc(OCc2ccccc2)cc1)c1ccc(N2CCNCC2)nc1. The molecule has 5 nitrogen and oxygen atoms in total. The molecule has 160 valence electrons. The quantitative estimate of drug-likeness (QED) is 0.557. The van der Waals surface area contributed by atoms with Crippen LogP contribution in [0.5, 0.6) is 5.75 Å². The van der Waals surface area contributed by atoms with Gasteiger partial charge >= 0.3 is 0 Å². The fourth-order valence-electron chi connectivity index (χ4n) is 3.60. The molecule has 1 saturated heterocycles. The molecule has 0 radical (unpaired) electrons. The second kappa shape index (κ2) is 10.6. The predicted molar refractivity (Wildman–Crippen MR) is 127 cm³/mol. The Balaban J connectivity index is 1.21. The van der Waals surface area contributed by atoms with E-state index >= 15 is 0 Å². The van der Waals surface area contributed by atoms with Crippen LogP contribution in [-0.4, -0.2) is 37.7 Å². The molecule has 0 spiro atoms. The Kier molecular flexibility index (Phi) is 7.19. The Hall–Kier alpha value is -3.31. The molecule has 2 aromatic carbocycles. The molecule has 2 heterocycles. The van der Waals surface area contributed by atoms with Gasteiger partial charge in [0.2, 0.25) is 0 Å². The van der Waals surface area contributed by atoms with Crippen molar-refractivity contribution in [2.24, 2.45) is 0 Å². The van der Waals surface area contributed by atoms with Gasteiger partial charge in [0.1, 0.15) is 18.2 Å². The molecule has 5 heteroatoms. The van der Waals surface area contributed by atoms with Crippen molar-refractivity contribution in [3.05, 3.63) is 96.2 Å². The number of anilines is 1.